The molecule has 0 heterocycles. The number of halogens is 1. The Bertz CT molecular complexity index is 579. The molecule has 112 valence electrons. The normalized spacial score (nSPS) is 15.9. The maximum atomic E-state index is 13.8. The fourth-order valence-corrected chi connectivity index (χ4v) is 2.18. The molecule has 21 heavy (non-hydrogen) atoms. The summed E-state index contributed by atoms with van der Waals surface area (Å²) in [5, 5.41) is 11.4. The third-order valence-electron chi connectivity index (χ3n) is 3.43. The van der Waals surface area contributed by atoms with Crippen molar-refractivity contribution in [1.82, 2.24) is 5.32 Å². The molecule has 2 rings (SSSR count). The van der Waals surface area contributed by atoms with Gasteiger partial charge in [-0.05, 0) is 37.5 Å². The van der Waals surface area contributed by atoms with Crippen molar-refractivity contribution in [3.8, 4) is 0 Å². The van der Waals surface area contributed by atoms with E-state index in [-0.39, 0.29) is 23.1 Å². The molecule has 0 aliphatic heterocycles. The van der Waals surface area contributed by atoms with Crippen LogP contribution in [0, 0.1) is 11.7 Å². The molecule has 1 aliphatic carbocycles. The fraction of sp³-hybridized carbons (Fsp3) is 0.375. The average Bonchev–Trinajstić information content (AvgIpc) is 3.20. The molecule has 5 heteroatoms. The molecule has 0 aromatic heterocycles. The first-order valence-corrected chi connectivity index (χ1v) is 6.97. The Hall–Kier alpha value is -2.17. The van der Waals surface area contributed by atoms with Gasteiger partial charge < -0.3 is 10.4 Å². The zero-order valence-electron chi connectivity index (χ0n) is 11.8. The van der Waals surface area contributed by atoms with Crippen LogP contribution in [0.15, 0.2) is 24.3 Å². The van der Waals surface area contributed by atoms with Crippen LogP contribution in [0.2, 0.25) is 0 Å². The van der Waals surface area contributed by atoms with E-state index in [1.54, 1.807) is 0 Å². The largest absolute Gasteiger partial charge is 0.478 e. The smallest absolute Gasteiger partial charge is 0.328 e. The van der Waals surface area contributed by atoms with Crippen molar-refractivity contribution >= 4 is 18.0 Å². The van der Waals surface area contributed by atoms with E-state index < -0.39 is 11.8 Å². The second kappa shape index (κ2) is 6.52. The van der Waals surface area contributed by atoms with Crippen LogP contribution in [-0.2, 0) is 4.79 Å². The Labute approximate surface area is 122 Å². The van der Waals surface area contributed by atoms with E-state index in [0.29, 0.717) is 5.92 Å². The lowest BCUT2D eigenvalue weighted by Crippen LogP contribution is -2.32. The molecule has 1 aliphatic rings. The number of hydrogen-bond acceptors (Lipinski definition) is 2. The number of carboxylic acids is 1. The van der Waals surface area contributed by atoms with Gasteiger partial charge in [0.25, 0.3) is 5.91 Å². The predicted molar refractivity (Wildman–Crippen MR) is 77.3 cm³/mol. The molecule has 0 spiro atoms. The van der Waals surface area contributed by atoms with Crippen LogP contribution in [0.3, 0.4) is 0 Å². The summed E-state index contributed by atoms with van der Waals surface area (Å²) in [6.07, 6.45) is 5.41. The van der Waals surface area contributed by atoms with Gasteiger partial charge in [-0.3, -0.25) is 4.79 Å². The molecular weight excluding hydrogens is 273 g/mol. The number of carbonyl (C=O) groups excluding carboxylic acids is 1. The molecule has 1 atom stereocenters. The van der Waals surface area contributed by atoms with Crippen molar-refractivity contribution in [3.05, 3.63) is 41.2 Å². The molecule has 0 bridgehead atoms. The van der Waals surface area contributed by atoms with Gasteiger partial charge in [-0.15, -0.1) is 0 Å². The minimum Gasteiger partial charge on any atom is -0.478 e. The lowest BCUT2D eigenvalue weighted by molar-refractivity contribution is -0.131. The Morgan fingerprint density at radius 1 is 1.48 bits per heavy atom. The average molecular weight is 291 g/mol. The van der Waals surface area contributed by atoms with Crippen molar-refractivity contribution in [2.45, 2.75) is 32.2 Å². The van der Waals surface area contributed by atoms with Crippen LogP contribution in [-0.4, -0.2) is 23.0 Å². The minimum absolute atomic E-state index is 0.0691. The van der Waals surface area contributed by atoms with Crippen LogP contribution in [0.1, 0.15) is 42.1 Å². The van der Waals surface area contributed by atoms with Crippen molar-refractivity contribution in [1.29, 1.82) is 0 Å². The highest BCUT2D eigenvalue weighted by molar-refractivity contribution is 5.94. The molecule has 0 radical (unpaired) electrons. The summed E-state index contributed by atoms with van der Waals surface area (Å²) in [6, 6.07) is 4.08. The van der Waals surface area contributed by atoms with E-state index in [4.69, 9.17) is 5.11 Å². The van der Waals surface area contributed by atoms with Gasteiger partial charge in [-0.1, -0.05) is 18.9 Å². The maximum absolute atomic E-state index is 13.8. The second-order valence-electron chi connectivity index (χ2n) is 5.46. The third kappa shape index (κ3) is 4.70. The van der Waals surface area contributed by atoms with E-state index in [0.717, 1.165) is 24.6 Å². The molecule has 1 aromatic carbocycles. The summed E-state index contributed by atoms with van der Waals surface area (Å²) in [6.45, 7) is 1.94. The summed E-state index contributed by atoms with van der Waals surface area (Å²) >= 11 is 0. The second-order valence-corrected chi connectivity index (χ2v) is 5.46. The molecule has 1 aromatic rings. The van der Waals surface area contributed by atoms with Gasteiger partial charge in [-0.25, -0.2) is 9.18 Å². The molecule has 1 amide bonds. The van der Waals surface area contributed by atoms with E-state index in [2.05, 4.69) is 5.32 Å². The van der Waals surface area contributed by atoms with Gasteiger partial charge >= 0.3 is 5.97 Å². The third-order valence-corrected chi connectivity index (χ3v) is 3.43. The summed E-state index contributed by atoms with van der Waals surface area (Å²) in [4.78, 5) is 22.4. The maximum Gasteiger partial charge on any atom is 0.328 e. The Kier molecular flexibility index (Phi) is 4.73. The molecular formula is C16H18FNO3. The lowest BCUT2D eigenvalue weighted by Gasteiger charge is -2.13. The molecule has 2 N–H and O–H groups in total. The summed E-state index contributed by atoms with van der Waals surface area (Å²) in [7, 11) is 0. The molecule has 1 saturated carbocycles. The zero-order valence-corrected chi connectivity index (χ0v) is 11.8. The molecule has 4 nitrogen and oxygen atoms in total. The fourth-order valence-electron chi connectivity index (χ4n) is 2.18. The minimum atomic E-state index is -1.15. The Morgan fingerprint density at radius 3 is 2.76 bits per heavy atom. The summed E-state index contributed by atoms with van der Waals surface area (Å²) in [5.74, 6) is -1.36. The van der Waals surface area contributed by atoms with E-state index >= 15 is 0 Å². The first-order valence-electron chi connectivity index (χ1n) is 6.97. The van der Waals surface area contributed by atoms with E-state index in [1.807, 2.05) is 6.92 Å². The van der Waals surface area contributed by atoms with Gasteiger partial charge in [0.05, 0.1) is 0 Å². The van der Waals surface area contributed by atoms with Crippen LogP contribution in [0.5, 0.6) is 0 Å². The molecule has 1 fully saturated rings. The summed E-state index contributed by atoms with van der Waals surface area (Å²) in [5.41, 5.74) is 0.377. The monoisotopic (exact) mass is 291 g/mol. The van der Waals surface area contributed by atoms with Gasteiger partial charge in [0.15, 0.2) is 0 Å². The first kappa shape index (κ1) is 15.2. The van der Waals surface area contributed by atoms with Crippen LogP contribution in [0.4, 0.5) is 4.39 Å². The number of hydrogen-bond donors (Lipinski definition) is 2. The van der Waals surface area contributed by atoms with Crippen molar-refractivity contribution in [2.75, 3.05) is 0 Å². The van der Waals surface area contributed by atoms with Crippen LogP contribution in [0.25, 0.3) is 6.08 Å². The van der Waals surface area contributed by atoms with Gasteiger partial charge in [0, 0.05) is 23.2 Å². The number of aliphatic carboxylic acids is 1. The number of rotatable bonds is 6. The number of amides is 1. The number of carboxylic acid groups (broad SMARTS) is 1. The number of nitrogens with one attached hydrogen (secondary N) is 1. The highest BCUT2D eigenvalue weighted by Crippen LogP contribution is 2.33. The van der Waals surface area contributed by atoms with Gasteiger partial charge in [0.1, 0.15) is 5.82 Å². The SMILES string of the molecule is CC(CC1CC1)NC(=O)c1ccc(C=CC(=O)O)c(F)c1. The highest BCUT2D eigenvalue weighted by atomic mass is 19.1. The quantitative estimate of drug-likeness (QED) is 0.792. The molecule has 0 saturated heterocycles. The van der Waals surface area contributed by atoms with E-state index in [9.17, 15) is 14.0 Å². The Morgan fingerprint density at radius 2 is 2.19 bits per heavy atom. The summed E-state index contributed by atoms with van der Waals surface area (Å²) < 4.78 is 13.8. The first-order chi connectivity index (χ1) is 9.95. The lowest BCUT2D eigenvalue weighted by atomic mass is 10.1. The number of carbonyl (C=O) groups is 2. The molecule has 1 unspecified atom stereocenters. The number of benzene rings is 1. The van der Waals surface area contributed by atoms with Crippen molar-refractivity contribution in [2.24, 2.45) is 5.92 Å². The van der Waals surface area contributed by atoms with Gasteiger partial charge in [0.2, 0.25) is 0 Å². The zero-order chi connectivity index (χ0) is 15.4. The van der Waals surface area contributed by atoms with Gasteiger partial charge in [-0.2, -0.15) is 0 Å². The predicted octanol–water partition coefficient (Wildman–Crippen LogP) is 2.84. The Balaban J connectivity index is 2.00. The van der Waals surface area contributed by atoms with Crippen molar-refractivity contribution in [3.63, 3.8) is 0 Å². The van der Waals surface area contributed by atoms with E-state index in [1.165, 1.54) is 25.0 Å². The van der Waals surface area contributed by atoms with Crippen molar-refractivity contribution < 1.29 is 19.1 Å². The van der Waals surface area contributed by atoms with Crippen LogP contribution < -0.4 is 5.32 Å². The van der Waals surface area contributed by atoms with Crippen LogP contribution >= 0.6 is 0 Å². The topological polar surface area (TPSA) is 66.4 Å². The highest BCUT2D eigenvalue weighted by Gasteiger charge is 2.24. The standard InChI is InChI=1S/C16H18FNO3/c1-10(8-11-2-3-11)18-16(21)13-5-4-12(14(17)9-13)6-7-15(19)20/h4-7,9-11H,2-3,8H2,1H3,(H,18,21)(H,19,20).